The molecule has 1 aromatic rings. The molecule has 0 aliphatic heterocycles. The Kier molecular flexibility index (Phi) is 5.74. The summed E-state index contributed by atoms with van der Waals surface area (Å²) >= 11 is 11.4. The topological polar surface area (TPSA) is 116 Å². The van der Waals surface area contributed by atoms with Crippen LogP contribution in [0, 0.1) is 5.82 Å². The Bertz CT molecular complexity index is 573. The van der Waals surface area contributed by atoms with E-state index >= 15 is 0 Å². The molecule has 7 nitrogen and oxygen atoms in total. The molecule has 0 saturated heterocycles. The number of carboxylic acids is 2. The Morgan fingerprint density at radius 2 is 1.71 bits per heavy atom. The van der Waals surface area contributed by atoms with E-state index in [9.17, 15) is 18.8 Å². The van der Waals surface area contributed by atoms with Crippen molar-refractivity contribution in [3.8, 4) is 0 Å². The van der Waals surface area contributed by atoms with Crippen LogP contribution in [-0.4, -0.2) is 34.2 Å². The van der Waals surface area contributed by atoms with Gasteiger partial charge in [0.2, 0.25) is 0 Å². The fourth-order valence-electron chi connectivity index (χ4n) is 1.34. The molecular weight excluding hydrogens is 330 g/mol. The van der Waals surface area contributed by atoms with Crippen LogP contribution in [-0.2, 0) is 9.59 Å². The number of carbonyl (C=O) groups is 3. The quantitative estimate of drug-likeness (QED) is 0.656. The lowest BCUT2D eigenvalue weighted by Gasteiger charge is -2.14. The third-order valence-corrected chi connectivity index (χ3v) is 2.82. The third-order valence-electron chi connectivity index (χ3n) is 2.23. The number of benzene rings is 1. The lowest BCUT2D eigenvalue weighted by atomic mass is 10.2. The Hall–Kier alpha value is -2.06. The van der Waals surface area contributed by atoms with E-state index in [0.717, 1.165) is 12.1 Å². The van der Waals surface area contributed by atoms with Gasteiger partial charge in [-0.3, -0.25) is 4.79 Å². The second-order valence-electron chi connectivity index (χ2n) is 3.83. The number of hydrogen-bond donors (Lipinski definition) is 4. The van der Waals surface area contributed by atoms with E-state index in [2.05, 4.69) is 5.32 Å². The maximum atomic E-state index is 13.0. The minimum atomic E-state index is -1.64. The summed E-state index contributed by atoms with van der Waals surface area (Å²) in [4.78, 5) is 32.9. The highest BCUT2D eigenvalue weighted by molar-refractivity contribution is 6.39. The maximum absolute atomic E-state index is 13.0. The van der Waals surface area contributed by atoms with Crippen LogP contribution in [0.5, 0.6) is 0 Å². The number of halogens is 3. The van der Waals surface area contributed by atoms with Crippen LogP contribution in [0.3, 0.4) is 0 Å². The molecular formula is C11H9Cl2FN2O5. The third kappa shape index (κ3) is 5.09. The van der Waals surface area contributed by atoms with Crippen LogP contribution in [0.1, 0.15) is 6.42 Å². The average Bonchev–Trinajstić information content (AvgIpc) is 2.32. The second kappa shape index (κ2) is 7.09. The number of hydrogen-bond acceptors (Lipinski definition) is 3. The van der Waals surface area contributed by atoms with Crippen molar-refractivity contribution in [2.75, 3.05) is 5.32 Å². The highest BCUT2D eigenvalue weighted by atomic mass is 35.5. The Balaban J connectivity index is 2.82. The van der Waals surface area contributed by atoms with E-state index in [-0.39, 0.29) is 15.7 Å². The highest BCUT2D eigenvalue weighted by Crippen LogP contribution is 2.31. The summed E-state index contributed by atoms with van der Waals surface area (Å²) in [6, 6.07) is -0.885. The summed E-state index contributed by atoms with van der Waals surface area (Å²) in [6.45, 7) is 0. The molecule has 0 fully saturated rings. The van der Waals surface area contributed by atoms with E-state index in [4.69, 9.17) is 33.4 Å². The summed E-state index contributed by atoms with van der Waals surface area (Å²) in [7, 11) is 0. The highest BCUT2D eigenvalue weighted by Gasteiger charge is 2.23. The lowest BCUT2D eigenvalue weighted by Crippen LogP contribution is -2.44. The van der Waals surface area contributed by atoms with E-state index in [1.165, 1.54) is 0 Å². The molecule has 0 aromatic heterocycles. The zero-order valence-corrected chi connectivity index (χ0v) is 11.7. The van der Waals surface area contributed by atoms with Crippen LogP contribution < -0.4 is 10.6 Å². The van der Waals surface area contributed by atoms with E-state index in [1.54, 1.807) is 0 Å². The Labute approximate surface area is 127 Å². The first-order valence-corrected chi connectivity index (χ1v) is 6.13. The number of anilines is 1. The SMILES string of the molecule is O=C(O)C[C@H](NC(=O)Nc1c(Cl)cc(F)cc1Cl)C(=O)O. The van der Waals surface area contributed by atoms with Gasteiger partial charge in [-0.2, -0.15) is 0 Å². The zero-order valence-electron chi connectivity index (χ0n) is 10.2. The molecule has 1 atom stereocenters. The Morgan fingerprint density at radius 3 is 2.14 bits per heavy atom. The van der Waals surface area contributed by atoms with Gasteiger partial charge in [-0.05, 0) is 12.1 Å². The molecule has 10 heteroatoms. The fraction of sp³-hybridized carbons (Fsp3) is 0.182. The molecule has 0 bridgehead atoms. The number of rotatable bonds is 5. The van der Waals surface area contributed by atoms with Gasteiger partial charge in [0.15, 0.2) is 0 Å². The van der Waals surface area contributed by atoms with Crippen molar-refractivity contribution in [2.24, 2.45) is 0 Å². The first-order valence-electron chi connectivity index (χ1n) is 5.37. The van der Waals surface area contributed by atoms with Gasteiger partial charge in [-0.15, -0.1) is 0 Å². The van der Waals surface area contributed by atoms with Gasteiger partial charge in [0.1, 0.15) is 11.9 Å². The summed E-state index contributed by atoms with van der Waals surface area (Å²) in [6.07, 6.45) is -0.812. The smallest absolute Gasteiger partial charge is 0.326 e. The number of urea groups is 1. The van der Waals surface area contributed by atoms with E-state index in [0.29, 0.717) is 0 Å². The molecule has 0 unspecified atom stereocenters. The molecule has 21 heavy (non-hydrogen) atoms. The van der Waals surface area contributed by atoms with Crippen LogP contribution in [0.2, 0.25) is 10.0 Å². The first-order chi connectivity index (χ1) is 9.70. The predicted molar refractivity (Wildman–Crippen MR) is 72.3 cm³/mol. The summed E-state index contributed by atoms with van der Waals surface area (Å²) in [5.74, 6) is -3.64. The number of amides is 2. The van der Waals surface area contributed by atoms with Gasteiger partial charge in [0, 0.05) is 0 Å². The van der Waals surface area contributed by atoms with Crippen molar-refractivity contribution < 1.29 is 29.0 Å². The van der Waals surface area contributed by atoms with Crippen molar-refractivity contribution in [1.29, 1.82) is 0 Å². The molecule has 114 valence electrons. The molecule has 0 aliphatic rings. The van der Waals surface area contributed by atoms with Crippen molar-refractivity contribution in [3.63, 3.8) is 0 Å². The van der Waals surface area contributed by atoms with Crippen LogP contribution in [0.4, 0.5) is 14.9 Å². The lowest BCUT2D eigenvalue weighted by molar-refractivity contribution is -0.145. The number of carbonyl (C=O) groups excluding carboxylic acids is 1. The summed E-state index contributed by atoms with van der Waals surface area (Å²) in [5, 5.41) is 21.0. The molecule has 0 spiro atoms. The van der Waals surface area contributed by atoms with Crippen LogP contribution in [0.25, 0.3) is 0 Å². The van der Waals surface area contributed by atoms with Gasteiger partial charge in [0.25, 0.3) is 0 Å². The normalized spacial score (nSPS) is 11.6. The van der Waals surface area contributed by atoms with Crippen molar-refractivity contribution in [1.82, 2.24) is 5.32 Å². The standard InChI is InChI=1S/C11H9Cl2FN2O5/c12-5-1-4(14)2-6(13)9(5)16-11(21)15-7(10(19)20)3-8(17)18/h1-2,7H,3H2,(H,17,18)(H,19,20)(H2,15,16,21)/t7-/m0/s1. The predicted octanol–water partition coefficient (Wildman–Crippen LogP) is 2.18. The van der Waals surface area contributed by atoms with Gasteiger partial charge < -0.3 is 20.8 Å². The zero-order chi connectivity index (χ0) is 16.2. The molecule has 0 heterocycles. The van der Waals surface area contributed by atoms with Crippen LogP contribution >= 0.6 is 23.2 Å². The first kappa shape index (κ1) is 17.0. The fourth-order valence-corrected chi connectivity index (χ4v) is 1.90. The minimum Gasteiger partial charge on any atom is -0.481 e. The summed E-state index contributed by atoms with van der Waals surface area (Å²) < 4.78 is 13.0. The largest absolute Gasteiger partial charge is 0.481 e. The van der Waals surface area contributed by atoms with Crippen molar-refractivity contribution in [3.05, 3.63) is 28.0 Å². The van der Waals surface area contributed by atoms with Gasteiger partial charge in [0.05, 0.1) is 22.2 Å². The average molecular weight is 339 g/mol. The van der Waals surface area contributed by atoms with Gasteiger partial charge >= 0.3 is 18.0 Å². The van der Waals surface area contributed by atoms with E-state index < -0.39 is 36.2 Å². The number of nitrogens with one attached hydrogen (secondary N) is 2. The number of carboxylic acid groups (broad SMARTS) is 2. The van der Waals surface area contributed by atoms with Crippen molar-refractivity contribution in [2.45, 2.75) is 12.5 Å². The van der Waals surface area contributed by atoms with Crippen LogP contribution in [0.15, 0.2) is 12.1 Å². The molecule has 0 radical (unpaired) electrons. The van der Waals surface area contributed by atoms with Gasteiger partial charge in [-0.1, -0.05) is 23.2 Å². The maximum Gasteiger partial charge on any atom is 0.326 e. The summed E-state index contributed by atoms with van der Waals surface area (Å²) in [5.41, 5.74) is -0.128. The monoisotopic (exact) mass is 338 g/mol. The van der Waals surface area contributed by atoms with E-state index in [1.807, 2.05) is 5.32 Å². The second-order valence-corrected chi connectivity index (χ2v) is 4.65. The molecule has 0 aliphatic carbocycles. The molecule has 4 N–H and O–H groups in total. The number of aliphatic carboxylic acids is 2. The molecule has 1 aromatic carbocycles. The van der Waals surface area contributed by atoms with Crippen molar-refractivity contribution >= 4 is 46.9 Å². The molecule has 2 amide bonds. The Morgan fingerprint density at radius 1 is 1.19 bits per heavy atom. The molecule has 0 saturated carbocycles. The minimum absolute atomic E-state index is 0.128. The molecule has 1 rings (SSSR count). The van der Waals surface area contributed by atoms with Gasteiger partial charge in [-0.25, -0.2) is 14.0 Å².